The number of furan rings is 1. The van der Waals surface area contributed by atoms with Crippen molar-refractivity contribution in [1.82, 2.24) is 10.2 Å². The normalized spacial score (nSPS) is 11.6. The first-order valence-electron chi connectivity index (χ1n) is 6.72. The van der Waals surface area contributed by atoms with Gasteiger partial charge in [-0.1, -0.05) is 19.0 Å². The van der Waals surface area contributed by atoms with Crippen molar-refractivity contribution in [2.24, 2.45) is 10.9 Å². The summed E-state index contributed by atoms with van der Waals surface area (Å²) in [5.41, 5.74) is 7.94. The van der Waals surface area contributed by atoms with Gasteiger partial charge in [-0.3, -0.25) is 0 Å². The molecule has 0 saturated carbocycles. The smallest absolute Gasteiger partial charge is 0.245 e. The first-order valence-corrected chi connectivity index (χ1v) is 6.72. The van der Waals surface area contributed by atoms with Gasteiger partial charge in [-0.05, 0) is 30.5 Å². The minimum atomic E-state index is -0.0362. The van der Waals surface area contributed by atoms with Crippen LogP contribution in [0.2, 0.25) is 0 Å². The third kappa shape index (κ3) is 3.13. The van der Waals surface area contributed by atoms with Crippen LogP contribution < -0.4 is 10.5 Å². The Bertz CT molecular complexity index is 623. The summed E-state index contributed by atoms with van der Waals surface area (Å²) in [6.45, 7) is 4.14. The molecule has 0 radical (unpaired) electrons. The molecular weight excluding hydrogens is 272 g/mol. The van der Waals surface area contributed by atoms with Gasteiger partial charge in [-0.25, -0.2) is 0 Å². The van der Waals surface area contributed by atoms with Crippen LogP contribution in [0.15, 0.2) is 28.0 Å². The van der Waals surface area contributed by atoms with Crippen molar-refractivity contribution in [3.63, 3.8) is 0 Å². The van der Waals surface area contributed by atoms with Gasteiger partial charge >= 0.3 is 0 Å². The van der Waals surface area contributed by atoms with Crippen molar-refractivity contribution in [3.8, 4) is 5.88 Å². The molecule has 7 nitrogen and oxygen atoms in total. The molecule has 0 aliphatic heterocycles. The number of nitrogens with two attached hydrogens (primary N) is 1. The van der Waals surface area contributed by atoms with Crippen molar-refractivity contribution in [2.75, 3.05) is 0 Å². The van der Waals surface area contributed by atoms with E-state index in [9.17, 15) is 0 Å². The fourth-order valence-corrected chi connectivity index (χ4v) is 2.10. The Hall–Kier alpha value is -2.57. The van der Waals surface area contributed by atoms with Crippen LogP contribution in [-0.4, -0.2) is 21.2 Å². The maximum atomic E-state index is 8.99. The molecule has 7 heteroatoms. The minimum absolute atomic E-state index is 0.0362. The largest absolute Gasteiger partial charge is 0.468 e. The molecule has 0 aromatic carbocycles. The van der Waals surface area contributed by atoms with E-state index in [0.29, 0.717) is 24.2 Å². The molecule has 21 heavy (non-hydrogen) atoms. The molecule has 2 rings (SSSR count). The molecule has 3 N–H and O–H groups in total. The highest BCUT2D eigenvalue weighted by molar-refractivity contribution is 6.00. The molecule has 0 saturated heterocycles. The number of rotatable bonds is 6. The summed E-state index contributed by atoms with van der Waals surface area (Å²) in [5.74, 6) is 0.849. The second-order valence-corrected chi connectivity index (χ2v) is 4.37. The monoisotopic (exact) mass is 290 g/mol. The van der Waals surface area contributed by atoms with Gasteiger partial charge in [-0.2, -0.15) is 5.10 Å². The number of aromatic nitrogens is 2. The Morgan fingerprint density at radius 3 is 2.76 bits per heavy atom. The predicted molar refractivity (Wildman–Crippen MR) is 76.3 cm³/mol. The topological polar surface area (TPSA) is 107 Å². The number of oxime groups is 1. The van der Waals surface area contributed by atoms with Crippen molar-refractivity contribution in [3.05, 3.63) is 41.0 Å². The lowest BCUT2D eigenvalue weighted by atomic mass is 10.0. The molecule has 112 valence electrons. The van der Waals surface area contributed by atoms with Gasteiger partial charge in [0.25, 0.3) is 0 Å². The van der Waals surface area contributed by atoms with E-state index in [-0.39, 0.29) is 18.3 Å². The van der Waals surface area contributed by atoms with E-state index in [4.69, 9.17) is 20.1 Å². The van der Waals surface area contributed by atoms with E-state index in [1.807, 2.05) is 13.8 Å². The van der Waals surface area contributed by atoms with Crippen molar-refractivity contribution in [1.29, 1.82) is 0 Å². The maximum absolute atomic E-state index is 8.99. The molecule has 0 atom stereocenters. The zero-order valence-corrected chi connectivity index (χ0v) is 12.0. The van der Waals surface area contributed by atoms with Crippen LogP contribution in [0.1, 0.15) is 36.4 Å². The molecule has 0 amide bonds. The predicted octanol–water partition coefficient (Wildman–Crippen LogP) is 1.87. The number of amidine groups is 1. The van der Waals surface area contributed by atoms with Crippen LogP contribution in [-0.2, 0) is 19.4 Å². The van der Waals surface area contributed by atoms with Crippen molar-refractivity contribution in [2.45, 2.75) is 33.3 Å². The summed E-state index contributed by atoms with van der Waals surface area (Å²) in [7, 11) is 0. The van der Waals surface area contributed by atoms with Gasteiger partial charge in [0.05, 0.1) is 17.5 Å². The highest BCUT2D eigenvalue weighted by Gasteiger charge is 2.19. The molecule has 0 aliphatic carbocycles. The summed E-state index contributed by atoms with van der Waals surface area (Å²) in [5, 5.41) is 20.2. The SMILES string of the molecule is CCc1nnc(OCc2ccco2)c(/C(N)=N/O)c1CC. The average molecular weight is 290 g/mol. The lowest BCUT2D eigenvalue weighted by Crippen LogP contribution is -2.20. The number of hydrogen-bond acceptors (Lipinski definition) is 6. The fourth-order valence-electron chi connectivity index (χ4n) is 2.10. The van der Waals surface area contributed by atoms with Crippen molar-refractivity contribution < 1.29 is 14.4 Å². The summed E-state index contributed by atoms with van der Waals surface area (Å²) in [6, 6.07) is 3.56. The highest BCUT2D eigenvalue weighted by Crippen LogP contribution is 2.23. The Kier molecular flexibility index (Phi) is 4.76. The van der Waals surface area contributed by atoms with E-state index < -0.39 is 0 Å². The first kappa shape index (κ1) is 14.8. The van der Waals surface area contributed by atoms with E-state index in [0.717, 1.165) is 11.3 Å². The van der Waals surface area contributed by atoms with Gasteiger partial charge < -0.3 is 20.1 Å². The summed E-state index contributed by atoms with van der Waals surface area (Å²) in [4.78, 5) is 0. The van der Waals surface area contributed by atoms with Gasteiger partial charge in [0.1, 0.15) is 12.4 Å². The lowest BCUT2D eigenvalue weighted by Gasteiger charge is -2.14. The van der Waals surface area contributed by atoms with Crippen LogP contribution in [0.4, 0.5) is 0 Å². The number of aryl methyl sites for hydroxylation is 1. The average Bonchev–Trinajstić information content (AvgIpc) is 3.04. The van der Waals surface area contributed by atoms with E-state index in [1.165, 1.54) is 0 Å². The van der Waals surface area contributed by atoms with Gasteiger partial charge in [0, 0.05) is 0 Å². The second kappa shape index (κ2) is 6.74. The molecule has 2 aromatic heterocycles. The zero-order valence-electron chi connectivity index (χ0n) is 12.0. The molecule has 2 aromatic rings. The van der Waals surface area contributed by atoms with Crippen LogP contribution in [0.25, 0.3) is 0 Å². The van der Waals surface area contributed by atoms with Crippen LogP contribution in [0.5, 0.6) is 5.88 Å². The third-order valence-electron chi connectivity index (χ3n) is 3.11. The molecule has 0 aliphatic rings. The minimum Gasteiger partial charge on any atom is -0.468 e. The van der Waals surface area contributed by atoms with Crippen LogP contribution in [0.3, 0.4) is 0 Å². The van der Waals surface area contributed by atoms with E-state index >= 15 is 0 Å². The Morgan fingerprint density at radius 1 is 1.38 bits per heavy atom. The number of ether oxygens (including phenoxy) is 1. The number of hydrogen-bond donors (Lipinski definition) is 2. The van der Waals surface area contributed by atoms with Gasteiger partial charge in [0.2, 0.25) is 5.88 Å². The van der Waals surface area contributed by atoms with Crippen LogP contribution in [0, 0.1) is 0 Å². The fraction of sp³-hybridized carbons (Fsp3) is 0.357. The quantitative estimate of drug-likeness (QED) is 0.364. The highest BCUT2D eigenvalue weighted by atomic mass is 16.5. The summed E-state index contributed by atoms with van der Waals surface area (Å²) in [6.07, 6.45) is 2.95. The summed E-state index contributed by atoms with van der Waals surface area (Å²) >= 11 is 0. The van der Waals surface area contributed by atoms with Crippen molar-refractivity contribution >= 4 is 5.84 Å². The summed E-state index contributed by atoms with van der Waals surface area (Å²) < 4.78 is 10.8. The molecule has 0 unspecified atom stereocenters. The van der Waals surface area contributed by atoms with Gasteiger partial charge in [0.15, 0.2) is 5.84 Å². The lowest BCUT2D eigenvalue weighted by molar-refractivity contribution is 0.256. The van der Waals surface area contributed by atoms with Gasteiger partial charge in [-0.15, -0.1) is 5.10 Å². The van der Waals surface area contributed by atoms with E-state index in [1.54, 1.807) is 18.4 Å². The van der Waals surface area contributed by atoms with Crippen LogP contribution >= 0.6 is 0 Å². The molecule has 0 spiro atoms. The molecule has 0 bridgehead atoms. The maximum Gasteiger partial charge on any atom is 0.245 e. The molecule has 0 fully saturated rings. The van der Waals surface area contributed by atoms with E-state index in [2.05, 4.69) is 15.4 Å². The number of nitrogens with zero attached hydrogens (tertiary/aromatic N) is 3. The second-order valence-electron chi connectivity index (χ2n) is 4.37. The Morgan fingerprint density at radius 2 is 2.19 bits per heavy atom. The first-order chi connectivity index (χ1) is 10.2. The molecular formula is C14H18N4O3. The third-order valence-corrected chi connectivity index (χ3v) is 3.11. The molecule has 2 heterocycles. The standard InChI is InChI=1S/C14H18N4O3/c1-3-10-11(4-2)16-17-14(12(10)13(15)18-19)21-8-9-6-5-7-20-9/h5-7,19H,3-4,8H2,1-2H3,(H2,15,18). The Labute approximate surface area is 122 Å². The zero-order chi connectivity index (χ0) is 15.2. The Balaban J connectivity index is 2.39.